The van der Waals surface area contributed by atoms with E-state index in [2.05, 4.69) is 0 Å². The van der Waals surface area contributed by atoms with Gasteiger partial charge in [0.1, 0.15) is 0 Å². The third-order valence-corrected chi connectivity index (χ3v) is 0. The van der Waals surface area contributed by atoms with Crippen LogP contribution in [0.5, 0.6) is 0 Å². The molecule has 0 saturated carbocycles. The van der Waals surface area contributed by atoms with Gasteiger partial charge in [-0.1, -0.05) is 0 Å². The monoisotopic (exact) mass is 208 g/mol. The van der Waals surface area contributed by atoms with Crippen LogP contribution in [0.15, 0.2) is 0 Å². The molecule has 0 atom stereocenters. The van der Waals surface area contributed by atoms with Gasteiger partial charge in [-0.25, -0.2) is 0 Å². The molecule has 0 N–H and O–H groups in total. The van der Waals surface area contributed by atoms with Crippen molar-refractivity contribution in [2.75, 3.05) is 0 Å². The van der Waals surface area contributed by atoms with E-state index in [0.29, 0.717) is 0 Å². The molecule has 0 fully saturated rings. The molecule has 0 aromatic heterocycles. The Morgan fingerprint density at radius 3 is 0.857 bits per heavy atom. The van der Waals surface area contributed by atoms with Crippen LogP contribution in [0.25, 0.3) is 0 Å². The number of hydrogen-bond donors (Lipinski definition) is 0. The molecule has 0 radical (unpaired) electrons. The zero-order valence-electron chi connectivity index (χ0n) is 2.80. The molecule has 7 heteroatoms. The summed E-state index contributed by atoms with van der Waals surface area (Å²) in [6, 6.07) is 0. The Hall–Kier alpha value is 0.00831. The van der Waals surface area contributed by atoms with Crippen LogP contribution in [0.4, 0.5) is 9.41 Å². The van der Waals surface area contributed by atoms with Crippen LogP contribution >= 0.6 is 0 Å². The molecule has 7 heavy (non-hydrogen) atoms. The van der Waals surface area contributed by atoms with E-state index >= 15 is 0 Å². The Labute approximate surface area is 44.9 Å². The second kappa shape index (κ2) is 148. The van der Waals surface area contributed by atoms with Gasteiger partial charge in [0.2, 0.25) is 0 Å². The molecule has 0 aliphatic rings. The van der Waals surface area contributed by atoms with E-state index in [1.165, 1.54) is 0 Å². The van der Waals surface area contributed by atoms with Crippen molar-refractivity contribution in [2.45, 2.75) is 0 Å². The minimum atomic E-state index is -2.03. The second-order valence-corrected chi connectivity index (χ2v) is 0.403. The van der Waals surface area contributed by atoms with Crippen molar-refractivity contribution >= 4 is 0 Å². The molecule has 0 saturated heterocycles. The Balaban J connectivity index is -0.00000000333. The van der Waals surface area contributed by atoms with Crippen LogP contribution in [-0.4, -0.2) is 0 Å². The molecular formula is H2F4MoO2. The van der Waals surface area contributed by atoms with Gasteiger partial charge in [0, 0.05) is 0 Å². The molecule has 0 aromatic rings. The summed E-state index contributed by atoms with van der Waals surface area (Å²) in [5.41, 5.74) is 0. The van der Waals surface area contributed by atoms with Crippen molar-refractivity contribution in [1.82, 2.24) is 0 Å². The van der Waals surface area contributed by atoms with Gasteiger partial charge in [-0.15, -0.1) is 0 Å². The molecule has 0 aromatic carbocycles. The summed E-state index contributed by atoms with van der Waals surface area (Å²) in [7, 11) is 0. The van der Waals surface area contributed by atoms with Gasteiger partial charge in [-0.3, -0.25) is 9.41 Å². The van der Waals surface area contributed by atoms with E-state index in [0.717, 1.165) is 0 Å². The van der Waals surface area contributed by atoms with Gasteiger partial charge in [0.25, 0.3) is 0 Å². The molecule has 0 rings (SSSR count). The first-order chi connectivity index (χ1) is 1.41. The van der Waals surface area contributed by atoms with Crippen molar-refractivity contribution < 1.29 is 44.1 Å². The van der Waals surface area contributed by atoms with Gasteiger partial charge in [-0.05, 0) is 0 Å². The summed E-state index contributed by atoms with van der Waals surface area (Å²) in [4.78, 5) is 0. The van der Waals surface area contributed by atoms with Gasteiger partial charge in [0.15, 0.2) is 0 Å². The normalized spacial score (nSPS) is 1.14. The van der Waals surface area contributed by atoms with Crippen molar-refractivity contribution in [3.63, 3.8) is 0 Å². The van der Waals surface area contributed by atoms with E-state index in [9.17, 15) is 0 Å². The Morgan fingerprint density at radius 2 is 0.857 bits per heavy atom. The molecule has 48 valence electrons. The predicted octanol–water partition coefficient (Wildman–Crippen LogP) is -5.93. The first-order valence-electron chi connectivity index (χ1n) is 0.333. The summed E-state index contributed by atoms with van der Waals surface area (Å²) in [6.07, 6.45) is 0. The van der Waals surface area contributed by atoms with Gasteiger partial charge >= 0.3 is 25.3 Å². The summed E-state index contributed by atoms with van der Waals surface area (Å²) in [5.74, 6) is 0. The van der Waals surface area contributed by atoms with Crippen LogP contribution in [0, 0.1) is 0 Å². The van der Waals surface area contributed by atoms with Crippen molar-refractivity contribution in [3.8, 4) is 0 Å². The van der Waals surface area contributed by atoms with Gasteiger partial charge in [-0.2, -0.15) is 0 Å². The second-order valence-electron chi connectivity index (χ2n) is 0.0680. The van der Waals surface area contributed by atoms with Crippen LogP contribution in [0.2, 0.25) is 0 Å². The first kappa shape index (κ1) is 62.7. The van der Waals surface area contributed by atoms with Gasteiger partial charge < -0.3 is 9.41 Å². The molecule has 0 unspecified atom stereocenters. The van der Waals surface area contributed by atoms with Crippen molar-refractivity contribution in [3.05, 3.63) is 0 Å². The minimum absolute atomic E-state index is 0. The Morgan fingerprint density at radius 1 is 0.857 bits per heavy atom. The number of rotatable bonds is 0. The summed E-state index contributed by atoms with van der Waals surface area (Å²) in [5, 5.41) is 0. The summed E-state index contributed by atoms with van der Waals surface area (Å²) >= 11 is -2.03. The Bertz CT molecular complexity index is 30.7. The fourth-order valence-corrected chi connectivity index (χ4v) is 0. The van der Waals surface area contributed by atoms with Crippen LogP contribution < -0.4 is 9.41 Å². The zero-order chi connectivity index (χ0) is 2.71. The maximum absolute atomic E-state index is 8.50. The van der Waals surface area contributed by atoms with Crippen LogP contribution in [0.1, 0.15) is 0 Å². The first-order valence-corrected chi connectivity index (χ1v) is 1.97. The summed E-state index contributed by atoms with van der Waals surface area (Å²) in [6.45, 7) is 0. The predicted molar refractivity (Wildman–Crippen MR) is 6.38 cm³/mol. The molecule has 0 spiro atoms. The molecular weight excluding hydrogens is 204 g/mol. The van der Waals surface area contributed by atoms with E-state index in [1.54, 1.807) is 0 Å². The maximum atomic E-state index is 8.50. The van der Waals surface area contributed by atoms with Crippen molar-refractivity contribution in [2.24, 2.45) is 0 Å². The van der Waals surface area contributed by atoms with E-state index in [1.807, 2.05) is 0 Å². The third-order valence-electron chi connectivity index (χ3n) is 0. The average molecular weight is 206 g/mol. The molecule has 0 heterocycles. The topological polar surface area (TPSA) is 34.1 Å². The molecule has 0 aliphatic carbocycles. The van der Waals surface area contributed by atoms with E-state index in [-0.39, 0.29) is 18.8 Å². The number of halogens is 4. The van der Waals surface area contributed by atoms with E-state index in [4.69, 9.17) is 6.80 Å². The van der Waals surface area contributed by atoms with Crippen LogP contribution in [-0.2, 0) is 25.3 Å². The molecule has 0 bridgehead atoms. The van der Waals surface area contributed by atoms with Crippen LogP contribution in [0.3, 0.4) is 0 Å². The zero-order valence-corrected chi connectivity index (χ0v) is 4.80. The molecule has 0 amide bonds. The average Bonchev–Trinajstić information content (AvgIpc) is 0.918. The Kier molecular flexibility index (Phi) is 1330. The number of hydrogen-bond acceptors (Lipinski definition) is 2. The summed E-state index contributed by atoms with van der Waals surface area (Å²) < 4.78 is 17.0. The fraction of sp³-hybridized carbons (Fsp3) is 0. The SMILES string of the molecule is F.F.[F-].[F-].[O]=[Mo+2]=[O]. The van der Waals surface area contributed by atoms with E-state index < -0.39 is 18.5 Å². The van der Waals surface area contributed by atoms with Crippen molar-refractivity contribution in [1.29, 1.82) is 0 Å². The van der Waals surface area contributed by atoms with Gasteiger partial charge in [0.05, 0.1) is 0 Å². The standard InChI is InChI=1S/4FH.Mo.2O/h4*1H;;;/q;;;;+2;;/p-2. The third kappa shape index (κ3) is 1400000. The molecule has 2 nitrogen and oxygen atoms in total. The fourth-order valence-electron chi connectivity index (χ4n) is 0. The quantitative estimate of drug-likeness (QED) is 0.292. The molecule has 0 aliphatic heterocycles.